The van der Waals surface area contributed by atoms with Crippen LogP contribution in [0.3, 0.4) is 0 Å². The van der Waals surface area contributed by atoms with Crippen LogP contribution in [0.25, 0.3) is 0 Å². The summed E-state index contributed by atoms with van der Waals surface area (Å²) < 4.78 is 5.63. The van der Waals surface area contributed by atoms with E-state index in [2.05, 4.69) is 10.3 Å². The second kappa shape index (κ2) is 6.62. The Kier molecular flexibility index (Phi) is 5.06. The topological polar surface area (TPSA) is 71.5 Å². The second-order valence-corrected chi connectivity index (χ2v) is 6.19. The molecule has 21 heavy (non-hydrogen) atoms. The van der Waals surface area contributed by atoms with Crippen molar-refractivity contribution >= 4 is 17.5 Å². The van der Waals surface area contributed by atoms with Gasteiger partial charge in [-0.2, -0.15) is 0 Å². The number of hydrogen-bond donors (Lipinski definition) is 2. The number of hydrogen-bond acceptors (Lipinski definition) is 4. The molecule has 0 radical (unpaired) electrons. The lowest BCUT2D eigenvalue weighted by Gasteiger charge is -2.27. The number of nitrogens with zero attached hydrogens (tertiary/aromatic N) is 1. The Labute approximate surface area is 129 Å². The van der Waals surface area contributed by atoms with Crippen molar-refractivity contribution in [2.75, 3.05) is 13.2 Å². The van der Waals surface area contributed by atoms with Gasteiger partial charge in [0, 0.05) is 6.07 Å². The zero-order valence-electron chi connectivity index (χ0n) is 12.4. The third-order valence-corrected chi connectivity index (χ3v) is 4.05. The lowest BCUT2D eigenvalue weighted by atomic mass is 10.00. The maximum atomic E-state index is 12.2. The summed E-state index contributed by atoms with van der Waals surface area (Å²) in [4.78, 5) is 16.2. The largest absolute Gasteiger partial charge is 0.492 e. The minimum atomic E-state index is -0.659. The molecule has 1 aliphatic carbocycles. The van der Waals surface area contributed by atoms with Crippen molar-refractivity contribution in [2.24, 2.45) is 5.92 Å². The number of aliphatic hydroxyl groups is 1. The molecule has 0 aromatic carbocycles. The minimum absolute atomic E-state index is 0.131. The summed E-state index contributed by atoms with van der Waals surface area (Å²) in [5.41, 5.74) is -0.425. The summed E-state index contributed by atoms with van der Waals surface area (Å²) in [5.74, 6) is 0.733. The van der Waals surface area contributed by atoms with Crippen molar-refractivity contribution in [3.8, 4) is 5.75 Å². The van der Waals surface area contributed by atoms with Crippen molar-refractivity contribution in [3.63, 3.8) is 0 Å². The first-order valence-electron chi connectivity index (χ1n) is 7.19. The number of carbonyl (C=O) groups is 1. The Balaban J connectivity index is 2.07. The van der Waals surface area contributed by atoms with Gasteiger partial charge in [-0.1, -0.05) is 18.5 Å². The number of amides is 1. The third kappa shape index (κ3) is 4.32. The number of aromatic nitrogens is 1. The van der Waals surface area contributed by atoms with Gasteiger partial charge in [0.2, 0.25) is 0 Å². The van der Waals surface area contributed by atoms with Crippen LogP contribution in [0, 0.1) is 5.92 Å². The third-order valence-electron chi connectivity index (χ3n) is 3.77. The van der Waals surface area contributed by atoms with Crippen LogP contribution in [-0.4, -0.2) is 34.8 Å². The van der Waals surface area contributed by atoms with Gasteiger partial charge in [0.15, 0.2) is 0 Å². The summed E-state index contributed by atoms with van der Waals surface area (Å²) in [7, 11) is 0. The molecule has 1 atom stereocenters. The molecule has 0 aliphatic heterocycles. The van der Waals surface area contributed by atoms with Crippen molar-refractivity contribution < 1.29 is 14.6 Å². The maximum absolute atomic E-state index is 12.2. The predicted octanol–water partition coefficient (Wildman–Crippen LogP) is 2.41. The smallest absolute Gasteiger partial charge is 0.270 e. The van der Waals surface area contributed by atoms with Crippen LogP contribution in [0.1, 0.15) is 43.6 Å². The monoisotopic (exact) mass is 312 g/mol. The number of carbonyl (C=O) groups excluding carboxylic acids is 1. The number of halogens is 1. The van der Waals surface area contributed by atoms with Crippen LogP contribution in [0.4, 0.5) is 0 Å². The summed E-state index contributed by atoms with van der Waals surface area (Å²) >= 11 is 6.03. The van der Waals surface area contributed by atoms with E-state index in [9.17, 15) is 9.90 Å². The average Bonchev–Trinajstić information content (AvgIpc) is 3.30. The van der Waals surface area contributed by atoms with E-state index in [0.717, 1.165) is 0 Å². The van der Waals surface area contributed by atoms with Crippen LogP contribution in [0.2, 0.25) is 5.02 Å². The second-order valence-electron chi connectivity index (χ2n) is 5.78. The van der Waals surface area contributed by atoms with E-state index in [1.165, 1.54) is 19.0 Å². The number of rotatable bonds is 7. The molecule has 1 saturated carbocycles. The molecule has 5 nitrogen and oxygen atoms in total. The standard InChI is InChI=1S/C15H21ClN2O3/c1-3-15(2,9-19)18-14(20)12-6-13(11(16)7-17-12)21-8-10-4-5-10/h6-7,10,19H,3-5,8-9H2,1-2H3,(H,18,20)/t15-/m1/s1. The number of aliphatic hydroxyl groups excluding tert-OH is 1. The van der Waals surface area contributed by atoms with Crippen LogP contribution >= 0.6 is 11.6 Å². The fraction of sp³-hybridized carbons (Fsp3) is 0.600. The normalized spacial score (nSPS) is 17.1. The van der Waals surface area contributed by atoms with E-state index in [1.54, 1.807) is 13.0 Å². The quantitative estimate of drug-likeness (QED) is 0.811. The lowest BCUT2D eigenvalue weighted by molar-refractivity contribution is 0.0842. The number of ether oxygens (including phenoxy) is 1. The van der Waals surface area contributed by atoms with E-state index in [-0.39, 0.29) is 18.2 Å². The average molecular weight is 313 g/mol. The van der Waals surface area contributed by atoms with Crippen LogP contribution in [0.15, 0.2) is 12.3 Å². The summed E-state index contributed by atoms with van der Waals surface area (Å²) in [6.07, 6.45) is 4.40. The van der Waals surface area contributed by atoms with Gasteiger partial charge in [-0.3, -0.25) is 4.79 Å². The van der Waals surface area contributed by atoms with Crippen molar-refractivity contribution in [1.82, 2.24) is 10.3 Å². The van der Waals surface area contributed by atoms with E-state index in [4.69, 9.17) is 16.3 Å². The van der Waals surface area contributed by atoms with Crippen molar-refractivity contribution in [3.05, 3.63) is 23.0 Å². The van der Waals surface area contributed by atoms with Gasteiger partial charge in [-0.05, 0) is 32.1 Å². The van der Waals surface area contributed by atoms with Crippen LogP contribution in [-0.2, 0) is 0 Å². The molecule has 0 saturated heterocycles. The number of nitrogens with one attached hydrogen (secondary N) is 1. The SMILES string of the molecule is CC[C@](C)(CO)NC(=O)c1cc(OCC2CC2)c(Cl)cn1. The highest BCUT2D eigenvalue weighted by Crippen LogP contribution is 2.31. The Hall–Kier alpha value is -1.33. The van der Waals surface area contributed by atoms with Gasteiger partial charge < -0.3 is 15.2 Å². The molecule has 0 bridgehead atoms. The van der Waals surface area contributed by atoms with Crippen LogP contribution in [0.5, 0.6) is 5.75 Å². The highest BCUT2D eigenvalue weighted by Gasteiger charge is 2.25. The molecule has 0 unspecified atom stereocenters. The van der Waals surface area contributed by atoms with E-state index < -0.39 is 5.54 Å². The van der Waals surface area contributed by atoms with Crippen LogP contribution < -0.4 is 10.1 Å². The van der Waals surface area contributed by atoms with Gasteiger partial charge in [0.25, 0.3) is 5.91 Å². The van der Waals surface area contributed by atoms with Crippen molar-refractivity contribution in [2.45, 2.75) is 38.6 Å². The lowest BCUT2D eigenvalue weighted by Crippen LogP contribution is -2.48. The molecule has 116 valence electrons. The van der Waals surface area contributed by atoms with E-state index in [1.807, 2.05) is 6.92 Å². The first-order chi connectivity index (χ1) is 9.97. The fourth-order valence-corrected chi connectivity index (χ4v) is 1.88. The fourth-order valence-electron chi connectivity index (χ4n) is 1.72. The van der Waals surface area contributed by atoms with Gasteiger partial charge in [-0.15, -0.1) is 0 Å². The highest BCUT2D eigenvalue weighted by atomic mass is 35.5. The molecule has 1 aliphatic rings. The zero-order chi connectivity index (χ0) is 15.5. The zero-order valence-corrected chi connectivity index (χ0v) is 13.1. The van der Waals surface area contributed by atoms with Gasteiger partial charge in [-0.25, -0.2) is 4.98 Å². The molecule has 1 fully saturated rings. The Morgan fingerprint density at radius 3 is 2.90 bits per heavy atom. The molecule has 1 aromatic heterocycles. The Morgan fingerprint density at radius 2 is 2.33 bits per heavy atom. The summed E-state index contributed by atoms with van der Waals surface area (Å²) in [6.45, 7) is 4.17. The van der Waals surface area contributed by atoms with E-state index in [0.29, 0.717) is 29.7 Å². The molecule has 2 rings (SSSR count). The van der Waals surface area contributed by atoms with Crippen molar-refractivity contribution in [1.29, 1.82) is 0 Å². The molecule has 6 heteroatoms. The van der Waals surface area contributed by atoms with E-state index >= 15 is 0 Å². The highest BCUT2D eigenvalue weighted by molar-refractivity contribution is 6.32. The Morgan fingerprint density at radius 1 is 1.62 bits per heavy atom. The number of pyridine rings is 1. The maximum Gasteiger partial charge on any atom is 0.270 e. The predicted molar refractivity (Wildman–Crippen MR) is 80.7 cm³/mol. The molecule has 1 heterocycles. The first kappa shape index (κ1) is 16.0. The molecule has 1 aromatic rings. The van der Waals surface area contributed by atoms with Gasteiger partial charge in [0.1, 0.15) is 16.5 Å². The first-order valence-corrected chi connectivity index (χ1v) is 7.57. The summed E-state index contributed by atoms with van der Waals surface area (Å²) in [6, 6.07) is 1.55. The molecule has 2 N–H and O–H groups in total. The Bertz CT molecular complexity index is 514. The minimum Gasteiger partial charge on any atom is -0.492 e. The molecule has 1 amide bonds. The molecule has 0 spiro atoms. The molecular formula is C15H21ClN2O3. The molecular weight excluding hydrogens is 292 g/mol. The van der Waals surface area contributed by atoms with Gasteiger partial charge >= 0.3 is 0 Å². The van der Waals surface area contributed by atoms with Gasteiger partial charge in [0.05, 0.1) is 24.9 Å². The summed E-state index contributed by atoms with van der Waals surface area (Å²) in [5, 5.41) is 12.5.